The van der Waals surface area contributed by atoms with E-state index >= 15 is 0 Å². The third-order valence-electron chi connectivity index (χ3n) is 1.55. The summed E-state index contributed by atoms with van der Waals surface area (Å²) in [6, 6.07) is 8.47. The summed E-state index contributed by atoms with van der Waals surface area (Å²) in [5.41, 5.74) is 0.140. The maximum atomic E-state index is 10.6. The molecule has 0 saturated carbocycles. The molecule has 0 amide bonds. The molecule has 1 aromatic carbocycles. The first kappa shape index (κ1) is 18.8. The molecule has 10 heteroatoms. The number of carboxylic acids is 2. The van der Waals surface area contributed by atoms with E-state index in [1.165, 1.54) is 0 Å². The number of carboxylic acid groups (broad SMARTS) is 2. The average Bonchev–Trinajstić information content (AvgIpc) is 2.26. The van der Waals surface area contributed by atoms with Gasteiger partial charge in [-0.05, 0) is 45.9 Å². The van der Waals surface area contributed by atoms with Crippen LogP contribution in [0.1, 0.15) is 0 Å². The standard InChI is InChI=1S/C10H9NO4.Cl3OP/c12-9(13)6-8(10(14)15)11-7-4-2-1-3-5-7;1-5(2,3)4/h1-6,11H,(H,12,13)(H,14,15);. The molecular weight excluding hydrogens is 351 g/mol. The van der Waals surface area contributed by atoms with Crippen LogP contribution in [0, 0.1) is 0 Å². The van der Waals surface area contributed by atoms with Crippen molar-refractivity contribution in [1.29, 1.82) is 0 Å². The fourth-order valence-electron chi connectivity index (χ4n) is 0.952. The molecule has 0 aliphatic heterocycles. The Morgan fingerprint density at radius 1 is 1.10 bits per heavy atom. The number of benzene rings is 1. The highest BCUT2D eigenvalue weighted by Gasteiger charge is 2.09. The van der Waals surface area contributed by atoms with Gasteiger partial charge in [-0.25, -0.2) is 9.59 Å². The second kappa shape index (κ2) is 8.87. The van der Waals surface area contributed by atoms with Crippen LogP contribution in [0.3, 0.4) is 0 Å². The molecule has 0 heterocycles. The highest BCUT2D eigenvalue weighted by atomic mass is 36.0. The number of hydrogen-bond donors (Lipinski definition) is 3. The zero-order valence-electron chi connectivity index (χ0n) is 9.66. The van der Waals surface area contributed by atoms with Gasteiger partial charge in [-0.1, -0.05) is 18.2 Å². The smallest absolute Gasteiger partial charge is 0.352 e. The molecule has 0 bridgehead atoms. The van der Waals surface area contributed by atoms with E-state index in [0.717, 1.165) is 0 Å². The number of hydrogen-bond acceptors (Lipinski definition) is 4. The van der Waals surface area contributed by atoms with Crippen LogP contribution in [0.2, 0.25) is 0 Å². The lowest BCUT2D eigenvalue weighted by molar-refractivity contribution is -0.134. The first-order valence-electron chi connectivity index (χ1n) is 4.78. The molecule has 0 radical (unpaired) electrons. The van der Waals surface area contributed by atoms with E-state index in [0.29, 0.717) is 11.8 Å². The fraction of sp³-hybridized carbons (Fsp3) is 0. The molecule has 0 atom stereocenters. The number of para-hydroxylation sites is 1. The van der Waals surface area contributed by atoms with E-state index in [1.54, 1.807) is 30.3 Å². The lowest BCUT2D eigenvalue weighted by Crippen LogP contribution is -2.12. The van der Waals surface area contributed by atoms with Gasteiger partial charge in [0.05, 0.1) is 6.08 Å². The van der Waals surface area contributed by atoms with Crippen molar-refractivity contribution in [2.24, 2.45) is 0 Å². The maximum absolute atomic E-state index is 10.6. The fourth-order valence-corrected chi connectivity index (χ4v) is 0.952. The summed E-state index contributed by atoms with van der Waals surface area (Å²) >= 11 is 13.8. The molecule has 0 aromatic heterocycles. The Morgan fingerprint density at radius 3 is 1.90 bits per heavy atom. The first-order chi connectivity index (χ1) is 9.09. The Labute approximate surface area is 128 Å². The Kier molecular flexibility index (Phi) is 8.34. The molecule has 1 aromatic rings. The van der Waals surface area contributed by atoms with Crippen molar-refractivity contribution in [3.63, 3.8) is 0 Å². The predicted molar refractivity (Wildman–Crippen MR) is 78.6 cm³/mol. The normalized spacial score (nSPS) is 11.1. The molecule has 0 aliphatic rings. The summed E-state index contributed by atoms with van der Waals surface area (Å²) in [6.07, 6.45) is 0.606. The van der Waals surface area contributed by atoms with Gasteiger partial charge in [-0.15, -0.1) is 0 Å². The molecule has 3 N–H and O–H groups in total. The predicted octanol–water partition coefficient (Wildman–Crippen LogP) is 3.96. The van der Waals surface area contributed by atoms with E-state index in [4.69, 9.17) is 10.2 Å². The van der Waals surface area contributed by atoms with Crippen molar-refractivity contribution >= 4 is 56.5 Å². The Bertz CT molecular complexity index is 535. The van der Waals surface area contributed by atoms with Crippen LogP contribution in [-0.4, -0.2) is 22.2 Å². The Morgan fingerprint density at radius 2 is 1.55 bits per heavy atom. The summed E-state index contributed by atoms with van der Waals surface area (Å²) < 4.78 is 9.51. The van der Waals surface area contributed by atoms with Crippen LogP contribution in [0.5, 0.6) is 0 Å². The third kappa shape index (κ3) is 11.9. The second-order valence-corrected chi connectivity index (χ2v) is 9.73. The average molecular weight is 361 g/mol. The monoisotopic (exact) mass is 359 g/mol. The Hall–Kier alpha value is -1.20. The van der Waals surface area contributed by atoms with Gasteiger partial charge in [0.1, 0.15) is 5.70 Å². The van der Waals surface area contributed by atoms with Crippen LogP contribution in [-0.2, 0) is 14.2 Å². The molecule has 20 heavy (non-hydrogen) atoms. The molecular formula is C10H9Cl3NO5P. The topological polar surface area (TPSA) is 104 Å². The van der Waals surface area contributed by atoms with Crippen LogP contribution >= 0.6 is 38.9 Å². The van der Waals surface area contributed by atoms with E-state index in [1.807, 2.05) is 0 Å². The lowest BCUT2D eigenvalue weighted by atomic mass is 10.3. The number of nitrogens with one attached hydrogen (secondary N) is 1. The summed E-state index contributed by atoms with van der Waals surface area (Å²) in [5, 5.41) is 16.4. The van der Waals surface area contributed by atoms with Gasteiger partial charge >= 0.3 is 17.1 Å². The molecule has 1 rings (SSSR count). The van der Waals surface area contributed by atoms with Crippen molar-refractivity contribution in [2.75, 3.05) is 5.32 Å². The first-order valence-corrected chi connectivity index (χ1v) is 9.21. The molecule has 0 fully saturated rings. The minimum atomic E-state index is -3.22. The highest BCUT2D eigenvalue weighted by molar-refractivity contribution is 8.24. The molecule has 0 spiro atoms. The third-order valence-corrected chi connectivity index (χ3v) is 1.55. The van der Waals surface area contributed by atoms with Gasteiger partial charge in [-0.2, -0.15) is 0 Å². The summed E-state index contributed by atoms with van der Waals surface area (Å²) in [6.45, 7) is 0. The van der Waals surface area contributed by atoms with Gasteiger partial charge in [-0.3, -0.25) is 4.57 Å². The second-order valence-electron chi connectivity index (χ2n) is 3.09. The van der Waals surface area contributed by atoms with E-state index < -0.39 is 17.1 Å². The van der Waals surface area contributed by atoms with Crippen LogP contribution in [0.4, 0.5) is 5.69 Å². The zero-order valence-corrected chi connectivity index (χ0v) is 12.8. The van der Waals surface area contributed by atoms with Crippen molar-refractivity contribution in [3.8, 4) is 0 Å². The van der Waals surface area contributed by atoms with Crippen LogP contribution in [0.15, 0.2) is 42.1 Å². The number of anilines is 1. The van der Waals surface area contributed by atoms with Crippen molar-refractivity contribution in [2.45, 2.75) is 0 Å². The number of rotatable bonds is 4. The van der Waals surface area contributed by atoms with E-state index in [-0.39, 0.29) is 5.70 Å². The van der Waals surface area contributed by atoms with Gasteiger partial charge < -0.3 is 15.5 Å². The van der Waals surface area contributed by atoms with Crippen LogP contribution < -0.4 is 5.32 Å². The van der Waals surface area contributed by atoms with Gasteiger partial charge in [0.15, 0.2) is 0 Å². The lowest BCUT2D eigenvalue weighted by Gasteiger charge is -2.05. The minimum absolute atomic E-state index is 0.381. The van der Waals surface area contributed by atoms with Gasteiger partial charge in [0.2, 0.25) is 0 Å². The summed E-state index contributed by atoms with van der Waals surface area (Å²) in [4.78, 5) is 21.0. The molecule has 0 saturated heterocycles. The maximum Gasteiger partial charge on any atom is 0.352 e. The van der Waals surface area contributed by atoms with Crippen LogP contribution in [0.25, 0.3) is 0 Å². The minimum Gasteiger partial charge on any atom is -0.478 e. The van der Waals surface area contributed by atoms with Gasteiger partial charge in [0, 0.05) is 5.69 Å². The number of carbonyl (C=O) groups is 2. The Balaban J connectivity index is 0.000000621. The van der Waals surface area contributed by atoms with Gasteiger partial charge in [0.25, 0.3) is 0 Å². The quantitative estimate of drug-likeness (QED) is 0.554. The molecule has 0 unspecified atom stereocenters. The summed E-state index contributed by atoms with van der Waals surface area (Å²) in [5.74, 6) is -2.63. The van der Waals surface area contributed by atoms with E-state index in [9.17, 15) is 14.2 Å². The molecule has 6 nitrogen and oxygen atoms in total. The molecule has 110 valence electrons. The zero-order chi connectivity index (χ0) is 15.8. The van der Waals surface area contributed by atoms with Crippen molar-refractivity contribution < 1.29 is 24.4 Å². The SMILES string of the molecule is O=C(O)C=C(Nc1ccccc1)C(=O)O.O=P(Cl)(Cl)Cl. The van der Waals surface area contributed by atoms with E-state index in [2.05, 4.69) is 39.0 Å². The highest BCUT2D eigenvalue weighted by Crippen LogP contribution is 2.61. The van der Waals surface area contributed by atoms with Crippen molar-refractivity contribution in [1.82, 2.24) is 0 Å². The number of halogens is 3. The summed E-state index contributed by atoms with van der Waals surface area (Å²) in [7, 11) is 0. The largest absolute Gasteiger partial charge is 0.478 e. The molecule has 0 aliphatic carbocycles. The van der Waals surface area contributed by atoms with Crippen molar-refractivity contribution in [3.05, 3.63) is 42.1 Å². The number of aliphatic carboxylic acids is 2.